The number of benzene rings is 3. The minimum Gasteiger partial charge on any atom is -0.205 e. The molecule has 6 heteroatoms. The summed E-state index contributed by atoms with van der Waals surface area (Å²) < 4.78 is 2.00. The monoisotopic (exact) mass is 490 g/mol. The molecule has 6 rings (SSSR count). The van der Waals surface area contributed by atoms with Gasteiger partial charge in [0.15, 0.2) is 5.82 Å². The third-order valence-corrected chi connectivity index (χ3v) is 8.18. The number of rotatable bonds is 6. The lowest BCUT2D eigenvalue weighted by molar-refractivity contribution is 0.451. The fourth-order valence-corrected chi connectivity index (χ4v) is 6.56. The topological polar surface area (TPSA) is 43.6 Å². The average molecular weight is 491 g/mol. The molecular weight excluding hydrogens is 468 g/mol. The standard InChI is InChI=1S/C29H22N4S2/c1-21-17-18-26(35-21)25-19-20-34-27(25)28-30-31-32-33(28)29(22-11-5-2-6-12-22,23-13-7-3-8-14-23)24-15-9-4-10-16-24/h2-20H,1H3. The van der Waals surface area contributed by atoms with Gasteiger partial charge in [-0.15, -0.1) is 27.8 Å². The number of hydrogen-bond donors (Lipinski definition) is 0. The Hall–Kier alpha value is -3.87. The van der Waals surface area contributed by atoms with E-state index < -0.39 is 5.54 Å². The molecule has 3 aromatic heterocycles. The first kappa shape index (κ1) is 21.6. The Morgan fingerprint density at radius 1 is 0.686 bits per heavy atom. The number of nitrogens with zero attached hydrogens (tertiary/aromatic N) is 4. The molecule has 6 aromatic rings. The van der Waals surface area contributed by atoms with Gasteiger partial charge >= 0.3 is 0 Å². The van der Waals surface area contributed by atoms with Gasteiger partial charge in [-0.3, -0.25) is 0 Å². The van der Waals surface area contributed by atoms with Gasteiger partial charge in [-0.2, -0.15) is 0 Å². The maximum atomic E-state index is 4.68. The molecule has 0 aliphatic carbocycles. The number of thiophene rings is 2. The maximum absolute atomic E-state index is 4.68. The van der Waals surface area contributed by atoms with Gasteiger partial charge in [0.1, 0.15) is 5.54 Å². The third-order valence-electron chi connectivity index (χ3n) is 6.24. The van der Waals surface area contributed by atoms with Crippen LogP contribution in [0.2, 0.25) is 0 Å². The molecular formula is C29H22N4S2. The Morgan fingerprint density at radius 3 is 1.77 bits per heavy atom. The minimum absolute atomic E-state index is 0.748. The van der Waals surface area contributed by atoms with Crippen molar-refractivity contribution in [3.8, 4) is 21.1 Å². The fourth-order valence-electron chi connectivity index (χ4n) is 4.72. The molecule has 3 aromatic carbocycles. The molecule has 0 bridgehead atoms. The van der Waals surface area contributed by atoms with Gasteiger partial charge in [0.05, 0.1) is 4.88 Å². The molecule has 0 radical (unpaired) electrons. The summed E-state index contributed by atoms with van der Waals surface area (Å²) in [5, 5.41) is 15.6. The Labute approximate surface area is 212 Å². The summed E-state index contributed by atoms with van der Waals surface area (Å²) >= 11 is 3.46. The summed E-state index contributed by atoms with van der Waals surface area (Å²) in [5.41, 5.74) is 3.69. The molecule has 0 fully saturated rings. The summed E-state index contributed by atoms with van der Waals surface area (Å²) in [6.45, 7) is 2.13. The summed E-state index contributed by atoms with van der Waals surface area (Å²) in [7, 11) is 0. The zero-order valence-corrected chi connectivity index (χ0v) is 20.7. The first-order valence-corrected chi connectivity index (χ1v) is 13.1. The highest BCUT2D eigenvalue weighted by Crippen LogP contribution is 2.45. The molecule has 4 nitrogen and oxygen atoms in total. The van der Waals surface area contributed by atoms with Crippen LogP contribution in [0.4, 0.5) is 0 Å². The van der Waals surface area contributed by atoms with Gasteiger partial charge in [0.25, 0.3) is 0 Å². The van der Waals surface area contributed by atoms with Crippen molar-refractivity contribution < 1.29 is 0 Å². The second-order valence-corrected chi connectivity index (χ2v) is 10.5. The molecule has 0 aliphatic heterocycles. The van der Waals surface area contributed by atoms with E-state index in [-0.39, 0.29) is 0 Å². The van der Waals surface area contributed by atoms with Crippen LogP contribution in [0.1, 0.15) is 21.6 Å². The summed E-state index contributed by atoms with van der Waals surface area (Å²) in [6.07, 6.45) is 0. The summed E-state index contributed by atoms with van der Waals surface area (Å²) in [6, 6.07) is 38.0. The highest BCUT2D eigenvalue weighted by Gasteiger charge is 2.42. The van der Waals surface area contributed by atoms with E-state index in [1.807, 2.05) is 22.9 Å². The van der Waals surface area contributed by atoms with Gasteiger partial charge in [0.2, 0.25) is 0 Å². The normalized spacial score (nSPS) is 11.6. The molecule has 3 heterocycles. The second kappa shape index (κ2) is 9.06. The Morgan fingerprint density at radius 2 is 1.26 bits per heavy atom. The number of aryl methyl sites for hydroxylation is 1. The number of tetrazole rings is 1. The molecule has 0 N–H and O–H groups in total. The summed E-state index contributed by atoms with van der Waals surface area (Å²) in [5.74, 6) is 0.748. The predicted molar refractivity (Wildman–Crippen MR) is 144 cm³/mol. The third kappa shape index (κ3) is 3.62. The van der Waals surface area contributed by atoms with Gasteiger partial charge in [-0.1, -0.05) is 91.0 Å². The van der Waals surface area contributed by atoms with Gasteiger partial charge in [0, 0.05) is 15.3 Å². The van der Waals surface area contributed by atoms with E-state index in [9.17, 15) is 0 Å². The van der Waals surface area contributed by atoms with Crippen LogP contribution in [0.15, 0.2) is 115 Å². The average Bonchev–Trinajstić information content (AvgIpc) is 3.67. The SMILES string of the molecule is Cc1ccc(-c2ccsc2-c2nnnn2C(c2ccccc2)(c2ccccc2)c2ccccc2)s1. The fraction of sp³-hybridized carbons (Fsp3) is 0.0690. The first-order valence-electron chi connectivity index (χ1n) is 11.4. The lowest BCUT2D eigenvalue weighted by atomic mass is 9.77. The van der Waals surface area contributed by atoms with Crippen LogP contribution in [0.25, 0.3) is 21.1 Å². The van der Waals surface area contributed by atoms with Crippen molar-refractivity contribution in [1.82, 2.24) is 20.2 Å². The van der Waals surface area contributed by atoms with Crippen molar-refractivity contribution in [2.45, 2.75) is 12.5 Å². The Balaban J connectivity index is 1.68. The molecule has 170 valence electrons. The van der Waals surface area contributed by atoms with Gasteiger partial charge < -0.3 is 0 Å². The molecule has 0 aliphatic rings. The molecule has 0 amide bonds. The largest absolute Gasteiger partial charge is 0.205 e. The highest BCUT2D eigenvalue weighted by atomic mass is 32.1. The van der Waals surface area contributed by atoms with Crippen LogP contribution < -0.4 is 0 Å². The maximum Gasteiger partial charge on any atom is 0.194 e. The molecule has 35 heavy (non-hydrogen) atoms. The van der Waals surface area contributed by atoms with E-state index in [2.05, 4.69) is 119 Å². The van der Waals surface area contributed by atoms with E-state index in [4.69, 9.17) is 0 Å². The van der Waals surface area contributed by atoms with Crippen molar-refractivity contribution in [3.05, 3.63) is 136 Å². The van der Waals surface area contributed by atoms with Crippen molar-refractivity contribution in [1.29, 1.82) is 0 Å². The van der Waals surface area contributed by atoms with Crippen molar-refractivity contribution >= 4 is 22.7 Å². The van der Waals surface area contributed by atoms with E-state index in [0.717, 1.165) is 33.0 Å². The first-order chi connectivity index (χ1) is 17.3. The highest BCUT2D eigenvalue weighted by molar-refractivity contribution is 7.17. The molecule has 0 spiro atoms. The lowest BCUT2D eigenvalue weighted by Crippen LogP contribution is -2.39. The number of aromatic nitrogens is 4. The Bertz CT molecular complexity index is 1450. The molecule has 0 saturated carbocycles. The van der Waals surface area contributed by atoms with Crippen LogP contribution in [0.3, 0.4) is 0 Å². The quantitative estimate of drug-likeness (QED) is 0.230. The van der Waals surface area contributed by atoms with Crippen LogP contribution in [0.5, 0.6) is 0 Å². The summed E-state index contributed by atoms with van der Waals surface area (Å²) in [4.78, 5) is 3.56. The van der Waals surface area contributed by atoms with Gasteiger partial charge in [-0.05, 0) is 57.6 Å². The zero-order valence-electron chi connectivity index (χ0n) is 19.1. The van der Waals surface area contributed by atoms with Crippen LogP contribution >= 0.6 is 22.7 Å². The molecule has 0 atom stereocenters. The Kier molecular flexibility index (Phi) is 5.60. The predicted octanol–water partition coefficient (Wildman–Crippen LogP) is 7.28. The van der Waals surface area contributed by atoms with E-state index in [1.165, 1.54) is 9.75 Å². The second-order valence-electron chi connectivity index (χ2n) is 8.30. The van der Waals surface area contributed by atoms with Crippen molar-refractivity contribution in [3.63, 3.8) is 0 Å². The zero-order chi connectivity index (χ0) is 23.7. The van der Waals surface area contributed by atoms with Crippen molar-refractivity contribution in [2.75, 3.05) is 0 Å². The van der Waals surface area contributed by atoms with Gasteiger partial charge in [-0.25, -0.2) is 4.68 Å². The number of hydrogen-bond acceptors (Lipinski definition) is 5. The minimum atomic E-state index is -0.755. The smallest absolute Gasteiger partial charge is 0.194 e. The van der Waals surface area contributed by atoms with Crippen LogP contribution in [-0.2, 0) is 5.54 Å². The van der Waals surface area contributed by atoms with E-state index in [0.29, 0.717) is 0 Å². The van der Waals surface area contributed by atoms with E-state index in [1.54, 1.807) is 22.7 Å². The lowest BCUT2D eigenvalue weighted by Gasteiger charge is -2.36. The van der Waals surface area contributed by atoms with Crippen molar-refractivity contribution in [2.24, 2.45) is 0 Å². The van der Waals surface area contributed by atoms with Crippen LogP contribution in [-0.4, -0.2) is 20.2 Å². The molecule has 0 unspecified atom stereocenters. The van der Waals surface area contributed by atoms with Crippen LogP contribution in [0, 0.1) is 6.92 Å². The van der Waals surface area contributed by atoms with E-state index >= 15 is 0 Å². The molecule has 0 saturated heterocycles.